The van der Waals surface area contributed by atoms with Crippen LogP contribution in [-0.2, 0) is 6.54 Å². The number of hydrogen-bond acceptors (Lipinski definition) is 1. The van der Waals surface area contributed by atoms with Gasteiger partial charge in [0.05, 0.1) is 5.38 Å². The van der Waals surface area contributed by atoms with Crippen LogP contribution in [0.15, 0.2) is 45.8 Å². The predicted octanol–water partition coefficient (Wildman–Crippen LogP) is 8.69. The fourth-order valence-electron chi connectivity index (χ4n) is 6.06. The highest BCUT2D eigenvalue weighted by atomic mass is 79.9. The minimum atomic E-state index is -7.22. The highest BCUT2D eigenvalue weighted by Gasteiger charge is 2.52. The van der Waals surface area contributed by atoms with Gasteiger partial charge in [-0.05, 0) is 0 Å². The minimum Gasteiger partial charge on any atom is -0.207 e. The number of aromatic nitrogens is 1. The van der Waals surface area contributed by atoms with Crippen molar-refractivity contribution in [2.24, 2.45) is 0 Å². The lowest BCUT2D eigenvalue weighted by Gasteiger charge is -2.44. The topological polar surface area (TPSA) is 3.88 Å². The largest absolute Gasteiger partial charge is 0.305 e. The molecule has 0 fully saturated rings. The molecule has 0 saturated carbocycles. The molecule has 5 aromatic carbocycles. The van der Waals surface area contributed by atoms with Gasteiger partial charge in [0.2, 0.25) is 0 Å². The first-order valence-corrected chi connectivity index (χ1v) is 16.6. The number of nitrogens with zero attached hydrogens (tertiary/aromatic N) is 1. The average Bonchev–Trinajstić information content (AvgIpc) is 3.61. The van der Waals surface area contributed by atoms with E-state index in [0.29, 0.717) is 0 Å². The third kappa shape index (κ3) is 6.75. The molecular formula is C34H9BBrF20NS. The Morgan fingerprint density at radius 3 is 0.845 bits per heavy atom. The summed E-state index contributed by atoms with van der Waals surface area (Å²) < 4.78 is 297. The third-order valence-corrected chi connectivity index (χ3v) is 10.2. The molecule has 0 amide bonds. The molecule has 0 radical (unpaired) electrons. The van der Waals surface area contributed by atoms with Gasteiger partial charge < -0.3 is 0 Å². The van der Waals surface area contributed by atoms with Crippen LogP contribution < -0.4 is 26.4 Å². The van der Waals surface area contributed by atoms with E-state index in [0.717, 1.165) is 10.5 Å². The molecule has 0 aliphatic heterocycles. The minimum absolute atomic E-state index is 0.935. The highest BCUT2D eigenvalue weighted by molar-refractivity contribution is 9.11. The summed E-state index contributed by atoms with van der Waals surface area (Å²) in [5.74, 6) is -71.4. The van der Waals surface area contributed by atoms with Crippen LogP contribution in [0.3, 0.4) is 0 Å². The summed E-state index contributed by atoms with van der Waals surface area (Å²) >= 11 is 5.21. The molecule has 6 rings (SSSR count). The summed E-state index contributed by atoms with van der Waals surface area (Å²) in [6, 6.07) is 10.4. The van der Waals surface area contributed by atoms with Crippen molar-refractivity contribution in [3.8, 4) is 0 Å². The Labute approximate surface area is 321 Å². The van der Waals surface area contributed by atoms with Crippen molar-refractivity contribution < 1.29 is 92.4 Å². The number of rotatable bonds is 6. The molecule has 6 aromatic rings. The second kappa shape index (κ2) is 16.3. The van der Waals surface area contributed by atoms with E-state index in [4.69, 9.17) is 0 Å². The smallest absolute Gasteiger partial charge is 0.207 e. The van der Waals surface area contributed by atoms with Crippen molar-refractivity contribution in [3.05, 3.63) is 168 Å². The van der Waals surface area contributed by atoms with Crippen molar-refractivity contribution in [3.63, 3.8) is 0 Å². The van der Waals surface area contributed by atoms with Gasteiger partial charge in [0, 0.05) is 21.5 Å². The summed E-state index contributed by atoms with van der Waals surface area (Å²) in [6.07, 6.45) is -5.13. The van der Waals surface area contributed by atoms with Crippen LogP contribution in [0.1, 0.15) is 5.56 Å². The van der Waals surface area contributed by atoms with Crippen molar-refractivity contribution in [2.45, 2.75) is 6.54 Å². The summed E-state index contributed by atoms with van der Waals surface area (Å²) in [7, 11) is 0. The molecule has 24 heteroatoms. The van der Waals surface area contributed by atoms with Gasteiger partial charge in [0.1, 0.15) is 52.7 Å². The first-order chi connectivity index (χ1) is 27.1. The number of thiazole rings is 1. The molecule has 0 atom stereocenters. The molecule has 306 valence electrons. The molecule has 0 aliphatic carbocycles. The molecule has 0 bridgehead atoms. The van der Waals surface area contributed by atoms with Gasteiger partial charge in [-0.25, -0.2) is 87.8 Å². The van der Waals surface area contributed by atoms with E-state index in [9.17, 15) is 52.7 Å². The van der Waals surface area contributed by atoms with Crippen molar-refractivity contribution in [1.82, 2.24) is 0 Å². The maximum absolute atomic E-state index is 15.4. The zero-order valence-corrected chi connectivity index (χ0v) is 29.5. The van der Waals surface area contributed by atoms with Crippen LogP contribution in [0.5, 0.6) is 0 Å². The molecule has 1 nitrogen and oxygen atoms in total. The van der Waals surface area contributed by atoms with Crippen LogP contribution in [0.2, 0.25) is 0 Å². The van der Waals surface area contributed by atoms with Crippen LogP contribution >= 0.6 is 27.3 Å². The molecule has 58 heavy (non-hydrogen) atoms. The fraction of sp³-hybridized carbons (Fsp3) is 0.0294. The molecule has 0 unspecified atom stereocenters. The number of halogens is 21. The Balaban J connectivity index is 0.000000414. The molecule has 0 aliphatic rings. The SMILES string of the molecule is Brc1scc[n+]1Cc1ccccc1.Fc1c(F)c(F)c([B-](c2c(F)c(F)c(F)c(F)c2F)(c2c(F)c(F)c(F)c(F)c2F)c2c(F)c(F)c(F)c(F)c2F)c(F)c1F. The Hall–Kier alpha value is -5.13. The quantitative estimate of drug-likeness (QED) is 0.0518. The molecule has 0 N–H and O–H groups in total. The summed E-state index contributed by atoms with van der Waals surface area (Å²) in [5, 5.41) is 2.08. The predicted molar refractivity (Wildman–Crippen MR) is 167 cm³/mol. The van der Waals surface area contributed by atoms with Gasteiger partial charge in [0.15, 0.2) is 82.5 Å². The molecule has 0 saturated heterocycles. The zero-order valence-electron chi connectivity index (χ0n) is 27.1. The highest BCUT2D eigenvalue weighted by Crippen LogP contribution is 2.30. The van der Waals surface area contributed by atoms with E-state index in [1.807, 2.05) is 6.07 Å². The first-order valence-electron chi connectivity index (χ1n) is 15.0. The summed E-state index contributed by atoms with van der Waals surface area (Å²) in [6.45, 7) is 0.935. The van der Waals surface area contributed by atoms with Crippen molar-refractivity contribution in [1.29, 1.82) is 0 Å². The van der Waals surface area contributed by atoms with Gasteiger partial charge >= 0.3 is 3.92 Å². The monoisotopic (exact) mass is 933 g/mol. The van der Waals surface area contributed by atoms with Crippen LogP contribution in [0.4, 0.5) is 87.8 Å². The zero-order chi connectivity index (χ0) is 43.5. The summed E-state index contributed by atoms with van der Waals surface area (Å²) in [5.41, 5.74) is -13.0. The lowest BCUT2D eigenvalue weighted by molar-refractivity contribution is -0.693. The lowest BCUT2D eigenvalue weighted by atomic mass is 9.12. The lowest BCUT2D eigenvalue weighted by Crippen LogP contribution is -2.81. The van der Waals surface area contributed by atoms with E-state index in [1.165, 1.54) is 5.56 Å². The fourth-order valence-corrected chi connectivity index (χ4v) is 7.20. The van der Waals surface area contributed by atoms with E-state index in [1.54, 1.807) is 11.3 Å². The van der Waals surface area contributed by atoms with Gasteiger partial charge in [-0.3, -0.25) is 0 Å². The van der Waals surface area contributed by atoms with E-state index >= 15 is 35.1 Å². The van der Waals surface area contributed by atoms with Crippen molar-refractivity contribution >= 4 is 55.3 Å². The molecular weight excluding hydrogens is 925 g/mol. The average molecular weight is 934 g/mol. The van der Waals surface area contributed by atoms with Crippen LogP contribution in [0, 0.1) is 116 Å². The van der Waals surface area contributed by atoms with E-state index < -0.39 is 144 Å². The van der Waals surface area contributed by atoms with Gasteiger partial charge in [0.25, 0.3) is 0 Å². The second-order valence-electron chi connectivity index (χ2n) is 11.6. The van der Waals surface area contributed by atoms with E-state index in [-0.39, 0.29) is 0 Å². The second-order valence-corrected chi connectivity index (χ2v) is 13.7. The number of hydrogen-bond donors (Lipinski definition) is 0. The van der Waals surface area contributed by atoms with E-state index in [2.05, 4.69) is 56.3 Å². The molecule has 0 spiro atoms. The van der Waals surface area contributed by atoms with Gasteiger partial charge in [-0.15, -0.1) is 21.9 Å². The van der Waals surface area contributed by atoms with Crippen LogP contribution in [-0.4, -0.2) is 6.15 Å². The maximum atomic E-state index is 15.4. The number of benzene rings is 5. The van der Waals surface area contributed by atoms with Crippen LogP contribution in [0.25, 0.3) is 0 Å². The Bertz CT molecular complexity index is 2240. The summed E-state index contributed by atoms with van der Waals surface area (Å²) in [4.78, 5) is 0. The van der Waals surface area contributed by atoms with Crippen molar-refractivity contribution in [2.75, 3.05) is 0 Å². The normalized spacial score (nSPS) is 11.6. The maximum Gasteiger partial charge on any atom is 0.305 e. The van der Waals surface area contributed by atoms with Gasteiger partial charge in [-0.1, -0.05) is 41.7 Å². The first kappa shape index (κ1) is 44.0. The third-order valence-electron chi connectivity index (χ3n) is 8.53. The Morgan fingerprint density at radius 1 is 0.379 bits per heavy atom. The standard InChI is InChI=1S/C24BF20.C10H9BrNS/c26-5-1(6(27)14(35)21(42)13(5)34)25(2-7(28)15(36)22(43)16(37)8(2)29,3-9(30)17(38)23(44)18(39)10(3)31)4-11(32)19(40)24(45)20(41)12(4)33;11-10-12(6-7-13-10)8-9-4-2-1-3-5-9/h;1-7H,8H2/q-1;+1. The van der Waals surface area contributed by atoms with Gasteiger partial charge in [-0.2, -0.15) is 4.57 Å². The molecule has 1 heterocycles. The Morgan fingerprint density at radius 2 is 0.621 bits per heavy atom. The molecule has 1 aromatic heterocycles. The Kier molecular flexibility index (Phi) is 12.3.